The lowest BCUT2D eigenvalue weighted by molar-refractivity contribution is 0.357. The van der Waals surface area contributed by atoms with E-state index in [0.29, 0.717) is 5.88 Å². The third-order valence-corrected chi connectivity index (χ3v) is 1.77. The van der Waals surface area contributed by atoms with Crippen LogP contribution in [0.25, 0.3) is 10.9 Å². The Kier molecular flexibility index (Phi) is 2.28. The summed E-state index contributed by atoms with van der Waals surface area (Å²) < 4.78 is 5.19. The normalized spacial score (nSPS) is 9.64. The van der Waals surface area contributed by atoms with Crippen LogP contribution in [-0.2, 0) is 0 Å². The van der Waals surface area contributed by atoms with Gasteiger partial charge in [-0.2, -0.15) is 0 Å². The summed E-state index contributed by atoms with van der Waals surface area (Å²) in [5.74, 6) is 2.92. The molecular weight excluding hydrogens is 176 g/mol. The van der Waals surface area contributed by atoms with Crippen LogP contribution in [0.15, 0.2) is 30.6 Å². The van der Waals surface area contributed by atoms with Gasteiger partial charge < -0.3 is 4.74 Å². The second-order valence-corrected chi connectivity index (χ2v) is 2.71. The molecule has 2 aromatic rings. The smallest absolute Gasteiger partial charge is 0.214 e. The predicted molar refractivity (Wildman–Crippen MR) is 53.9 cm³/mol. The lowest BCUT2D eigenvalue weighted by atomic mass is 10.3. The summed E-state index contributed by atoms with van der Waals surface area (Å²) >= 11 is 0. The molecule has 68 valence electrons. The summed E-state index contributed by atoms with van der Waals surface area (Å²) in [6.07, 6.45) is 8.49. The number of nitrogens with zero attached hydrogens (tertiary/aromatic N) is 2. The molecule has 2 heterocycles. The Morgan fingerprint density at radius 2 is 2.29 bits per heavy atom. The highest BCUT2D eigenvalue weighted by Crippen LogP contribution is 2.14. The van der Waals surface area contributed by atoms with Gasteiger partial charge in [0.1, 0.15) is 0 Å². The SMILES string of the molecule is C#CCOc1ccc2ccncc2n1. The van der Waals surface area contributed by atoms with E-state index in [4.69, 9.17) is 11.2 Å². The first kappa shape index (κ1) is 8.52. The highest BCUT2D eigenvalue weighted by molar-refractivity contribution is 5.77. The van der Waals surface area contributed by atoms with Crippen molar-refractivity contribution < 1.29 is 4.74 Å². The van der Waals surface area contributed by atoms with E-state index in [9.17, 15) is 0 Å². The quantitative estimate of drug-likeness (QED) is 0.665. The number of aromatic nitrogens is 2. The van der Waals surface area contributed by atoms with Crippen molar-refractivity contribution in [3.8, 4) is 18.2 Å². The zero-order valence-electron chi connectivity index (χ0n) is 7.47. The number of hydrogen-bond acceptors (Lipinski definition) is 3. The number of hydrogen-bond donors (Lipinski definition) is 0. The van der Waals surface area contributed by atoms with Crippen molar-refractivity contribution in [2.45, 2.75) is 0 Å². The molecule has 0 aliphatic heterocycles. The Bertz CT molecular complexity index is 488. The van der Waals surface area contributed by atoms with Crippen LogP contribution in [0.1, 0.15) is 0 Å². The third-order valence-electron chi connectivity index (χ3n) is 1.77. The van der Waals surface area contributed by atoms with E-state index < -0.39 is 0 Å². The fraction of sp³-hybridized carbons (Fsp3) is 0.0909. The van der Waals surface area contributed by atoms with Crippen LogP contribution in [-0.4, -0.2) is 16.6 Å². The van der Waals surface area contributed by atoms with Gasteiger partial charge in [0.25, 0.3) is 0 Å². The molecule has 0 amide bonds. The van der Waals surface area contributed by atoms with Gasteiger partial charge in [0.2, 0.25) is 5.88 Å². The molecule has 0 N–H and O–H groups in total. The van der Waals surface area contributed by atoms with Crippen LogP contribution in [0, 0.1) is 12.3 Å². The zero-order valence-corrected chi connectivity index (χ0v) is 7.47. The molecule has 0 saturated heterocycles. The van der Waals surface area contributed by atoms with E-state index >= 15 is 0 Å². The van der Waals surface area contributed by atoms with Gasteiger partial charge in [-0.05, 0) is 12.1 Å². The zero-order chi connectivity index (χ0) is 9.80. The van der Waals surface area contributed by atoms with Crippen LogP contribution in [0.2, 0.25) is 0 Å². The lowest BCUT2D eigenvalue weighted by Crippen LogP contribution is -1.95. The Labute approximate surface area is 81.8 Å². The summed E-state index contributed by atoms with van der Waals surface area (Å²) in [5, 5.41) is 1.04. The van der Waals surface area contributed by atoms with Crippen LogP contribution < -0.4 is 4.74 Å². The van der Waals surface area contributed by atoms with Crippen molar-refractivity contribution in [3.63, 3.8) is 0 Å². The molecule has 14 heavy (non-hydrogen) atoms. The number of rotatable bonds is 2. The summed E-state index contributed by atoms with van der Waals surface area (Å²) in [7, 11) is 0. The van der Waals surface area contributed by atoms with Gasteiger partial charge >= 0.3 is 0 Å². The Balaban J connectivity index is 2.37. The van der Waals surface area contributed by atoms with Crippen molar-refractivity contribution >= 4 is 10.9 Å². The Hall–Kier alpha value is -2.08. The van der Waals surface area contributed by atoms with Crippen molar-refractivity contribution in [2.24, 2.45) is 0 Å². The second-order valence-electron chi connectivity index (χ2n) is 2.71. The van der Waals surface area contributed by atoms with E-state index in [2.05, 4.69) is 15.9 Å². The van der Waals surface area contributed by atoms with E-state index in [1.165, 1.54) is 0 Å². The van der Waals surface area contributed by atoms with Gasteiger partial charge in [0, 0.05) is 17.6 Å². The Morgan fingerprint density at radius 3 is 3.14 bits per heavy atom. The van der Waals surface area contributed by atoms with Crippen molar-refractivity contribution in [1.29, 1.82) is 0 Å². The second kappa shape index (κ2) is 3.75. The standard InChI is InChI=1S/C11H8N2O/c1-2-7-14-11-4-3-9-5-6-12-8-10(9)13-11/h1,3-6,8H,7H2. The summed E-state index contributed by atoms with van der Waals surface area (Å²) in [4.78, 5) is 8.21. The minimum atomic E-state index is 0.235. The molecule has 3 heteroatoms. The molecule has 0 spiro atoms. The van der Waals surface area contributed by atoms with E-state index in [1.54, 1.807) is 18.5 Å². The molecule has 0 unspecified atom stereocenters. The molecule has 0 aromatic carbocycles. The van der Waals surface area contributed by atoms with E-state index in [0.717, 1.165) is 10.9 Å². The van der Waals surface area contributed by atoms with E-state index in [-0.39, 0.29) is 6.61 Å². The first-order valence-electron chi connectivity index (χ1n) is 4.17. The van der Waals surface area contributed by atoms with Gasteiger partial charge in [-0.15, -0.1) is 6.42 Å². The molecule has 0 bridgehead atoms. The first-order valence-corrected chi connectivity index (χ1v) is 4.17. The van der Waals surface area contributed by atoms with E-state index in [1.807, 2.05) is 12.1 Å². The summed E-state index contributed by atoms with van der Waals surface area (Å²) in [5.41, 5.74) is 0.807. The van der Waals surface area contributed by atoms with Gasteiger partial charge in [0.15, 0.2) is 6.61 Å². The minimum absolute atomic E-state index is 0.235. The maximum absolute atomic E-state index is 5.19. The van der Waals surface area contributed by atoms with Crippen molar-refractivity contribution in [2.75, 3.05) is 6.61 Å². The molecule has 0 atom stereocenters. The number of pyridine rings is 2. The fourth-order valence-corrected chi connectivity index (χ4v) is 1.14. The highest BCUT2D eigenvalue weighted by atomic mass is 16.5. The van der Waals surface area contributed by atoms with Crippen LogP contribution in [0.5, 0.6) is 5.88 Å². The summed E-state index contributed by atoms with van der Waals surface area (Å²) in [6, 6.07) is 5.61. The molecule has 0 aliphatic carbocycles. The maximum Gasteiger partial charge on any atom is 0.214 e. The largest absolute Gasteiger partial charge is 0.464 e. The number of ether oxygens (including phenoxy) is 1. The van der Waals surface area contributed by atoms with Gasteiger partial charge in [-0.3, -0.25) is 4.98 Å². The molecule has 2 aromatic heterocycles. The van der Waals surface area contributed by atoms with Crippen LogP contribution in [0.4, 0.5) is 0 Å². The topological polar surface area (TPSA) is 35.0 Å². The number of terminal acetylenes is 1. The molecule has 0 saturated carbocycles. The monoisotopic (exact) mass is 184 g/mol. The molecular formula is C11H8N2O. The van der Waals surface area contributed by atoms with Gasteiger partial charge in [-0.25, -0.2) is 4.98 Å². The molecule has 2 rings (SSSR count). The molecule has 0 fully saturated rings. The van der Waals surface area contributed by atoms with Crippen LogP contribution in [0.3, 0.4) is 0 Å². The first-order chi connectivity index (χ1) is 6.90. The fourth-order valence-electron chi connectivity index (χ4n) is 1.14. The summed E-state index contributed by atoms with van der Waals surface area (Å²) in [6.45, 7) is 0.235. The van der Waals surface area contributed by atoms with Crippen molar-refractivity contribution in [1.82, 2.24) is 9.97 Å². The lowest BCUT2D eigenvalue weighted by Gasteiger charge is -2.01. The van der Waals surface area contributed by atoms with Crippen molar-refractivity contribution in [3.05, 3.63) is 30.6 Å². The molecule has 3 nitrogen and oxygen atoms in total. The van der Waals surface area contributed by atoms with Crippen LogP contribution >= 0.6 is 0 Å². The minimum Gasteiger partial charge on any atom is -0.464 e. The third kappa shape index (κ3) is 1.64. The average molecular weight is 184 g/mol. The number of fused-ring (bicyclic) bond motifs is 1. The average Bonchev–Trinajstić information content (AvgIpc) is 2.26. The maximum atomic E-state index is 5.19. The highest BCUT2D eigenvalue weighted by Gasteiger charge is 1.97. The molecule has 0 aliphatic rings. The predicted octanol–water partition coefficient (Wildman–Crippen LogP) is 1.64. The van der Waals surface area contributed by atoms with Gasteiger partial charge in [0.05, 0.1) is 11.7 Å². The van der Waals surface area contributed by atoms with Gasteiger partial charge in [-0.1, -0.05) is 5.92 Å². The Morgan fingerprint density at radius 1 is 1.36 bits per heavy atom. The molecule has 0 radical (unpaired) electrons.